The van der Waals surface area contributed by atoms with Crippen LogP contribution >= 0.6 is 0 Å². The summed E-state index contributed by atoms with van der Waals surface area (Å²) in [5.41, 5.74) is 1.85. The summed E-state index contributed by atoms with van der Waals surface area (Å²) >= 11 is 0. The summed E-state index contributed by atoms with van der Waals surface area (Å²) in [6.07, 6.45) is 0. The standard InChI is InChI=1S/C20H26N2O4S/c1-5-22(6-2)27(25,26)18-11-10-15(3)19(13-18)20(24)21(4)14-16-8-7-9-17(23)12-16/h7-13,23H,5-6,14H2,1-4H3. The van der Waals surface area contributed by atoms with Crippen LogP contribution in [0.4, 0.5) is 0 Å². The average Bonchev–Trinajstić information content (AvgIpc) is 2.62. The molecule has 1 amide bonds. The van der Waals surface area contributed by atoms with E-state index in [1.54, 1.807) is 52.1 Å². The van der Waals surface area contributed by atoms with Crippen LogP contribution in [-0.2, 0) is 16.6 Å². The van der Waals surface area contributed by atoms with Gasteiger partial charge in [0, 0.05) is 32.2 Å². The van der Waals surface area contributed by atoms with Crippen LogP contribution in [0.15, 0.2) is 47.4 Å². The van der Waals surface area contributed by atoms with E-state index < -0.39 is 10.0 Å². The predicted molar refractivity (Wildman–Crippen MR) is 105 cm³/mol. The van der Waals surface area contributed by atoms with Crippen LogP contribution < -0.4 is 0 Å². The van der Waals surface area contributed by atoms with Crippen LogP contribution in [0, 0.1) is 6.92 Å². The molecule has 2 rings (SSSR count). The molecule has 2 aromatic rings. The van der Waals surface area contributed by atoms with Gasteiger partial charge in [-0.15, -0.1) is 0 Å². The third kappa shape index (κ3) is 4.67. The Morgan fingerprint density at radius 3 is 2.33 bits per heavy atom. The number of phenols is 1. The van der Waals surface area contributed by atoms with Gasteiger partial charge in [0.2, 0.25) is 10.0 Å². The normalized spacial score (nSPS) is 11.6. The number of amides is 1. The van der Waals surface area contributed by atoms with E-state index in [9.17, 15) is 18.3 Å². The molecule has 0 atom stereocenters. The Hall–Kier alpha value is -2.38. The first kappa shape index (κ1) is 20.9. The molecule has 1 N–H and O–H groups in total. The molecule has 0 saturated carbocycles. The molecule has 0 spiro atoms. The summed E-state index contributed by atoms with van der Waals surface area (Å²) in [7, 11) is -1.98. The molecule has 0 radical (unpaired) electrons. The van der Waals surface area contributed by atoms with Crippen molar-refractivity contribution in [2.75, 3.05) is 20.1 Å². The van der Waals surface area contributed by atoms with E-state index in [-0.39, 0.29) is 16.6 Å². The molecule has 2 aromatic carbocycles. The molecule has 0 aliphatic carbocycles. The van der Waals surface area contributed by atoms with E-state index in [1.807, 2.05) is 6.07 Å². The Morgan fingerprint density at radius 1 is 1.07 bits per heavy atom. The van der Waals surface area contributed by atoms with Gasteiger partial charge in [0.1, 0.15) is 5.75 Å². The number of aromatic hydroxyl groups is 1. The van der Waals surface area contributed by atoms with Gasteiger partial charge in [0.15, 0.2) is 0 Å². The fourth-order valence-corrected chi connectivity index (χ4v) is 4.40. The number of sulfonamides is 1. The Balaban J connectivity index is 2.33. The molecule has 0 heterocycles. The fraction of sp³-hybridized carbons (Fsp3) is 0.350. The van der Waals surface area contributed by atoms with Gasteiger partial charge in [-0.1, -0.05) is 32.0 Å². The van der Waals surface area contributed by atoms with Crippen LogP contribution in [0.5, 0.6) is 5.75 Å². The second kappa shape index (κ2) is 8.54. The number of carbonyl (C=O) groups excluding carboxylic acids is 1. The lowest BCUT2D eigenvalue weighted by atomic mass is 10.1. The van der Waals surface area contributed by atoms with Gasteiger partial charge in [-0.05, 0) is 42.3 Å². The van der Waals surface area contributed by atoms with Crippen molar-refractivity contribution in [1.82, 2.24) is 9.21 Å². The van der Waals surface area contributed by atoms with Gasteiger partial charge in [-0.25, -0.2) is 8.42 Å². The lowest BCUT2D eigenvalue weighted by Gasteiger charge is -2.21. The van der Waals surface area contributed by atoms with Gasteiger partial charge in [-0.3, -0.25) is 4.79 Å². The number of rotatable bonds is 7. The Morgan fingerprint density at radius 2 is 1.74 bits per heavy atom. The second-order valence-corrected chi connectivity index (χ2v) is 8.34. The zero-order chi connectivity index (χ0) is 20.2. The number of carbonyl (C=O) groups is 1. The average molecular weight is 391 g/mol. The number of aryl methyl sites for hydroxylation is 1. The molecule has 0 aromatic heterocycles. The number of nitrogens with zero attached hydrogens (tertiary/aromatic N) is 2. The lowest BCUT2D eigenvalue weighted by molar-refractivity contribution is 0.0784. The van der Waals surface area contributed by atoms with E-state index in [4.69, 9.17) is 0 Å². The van der Waals surface area contributed by atoms with Crippen LogP contribution in [0.3, 0.4) is 0 Å². The molecule has 0 saturated heterocycles. The minimum absolute atomic E-state index is 0.117. The number of phenolic OH excluding ortho intramolecular Hbond substituents is 1. The molecule has 0 fully saturated rings. The van der Waals surface area contributed by atoms with Crippen molar-refractivity contribution in [3.8, 4) is 5.75 Å². The van der Waals surface area contributed by atoms with Crippen molar-refractivity contribution >= 4 is 15.9 Å². The zero-order valence-electron chi connectivity index (χ0n) is 16.1. The summed E-state index contributed by atoms with van der Waals surface area (Å²) in [6.45, 7) is 6.39. The molecule has 7 heteroatoms. The van der Waals surface area contributed by atoms with Crippen LogP contribution in [0.2, 0.25) is 0 Å². The maximum absolute atomic E-state index is 12.9. The predicted octanol–water partition coefficient (Wildman–Crippen LogP) is 3.00. The van der Waals surface area contributed by atoms with Gasteiger partial charge >= 0.3 is 0 Å². The van der Waals surface area contributed by atoms with Crippen molar-refractivity contribution in [1.29, 1.82) is 0 Å². The first-order valence-electron chi connectivity index (χ1n) is 8.84. The molecule has 0 aliphatic heterocycles. The minimum atomic E-state index is -3.63. The van der Waals surface area contributed by atoms with Gasteiger partial charge in [0.25, 0.3) is 5.91 Å². The minimum Gasteiger partial charge on any atom is -0.508 e. The van der Waals surface area contributed by atoms with E-state index in [0.29, 0.717) is 30.8 Å². The highest BCUT2D eigenvalue weighted by Gasteiger charge is 2.24. The SMILES string of the molecule is CCN(CC)S(=O)(=O)c1ccc(C)c(C(=O)N(C)Cc2cccc(O)c2)c1. The van der Waals surface area contributed by atoms with Crippen molar-refractivity contribution < 1.29 is 18.3 Å². The highest BCUT2D eigenvalue weighted by atomic mass is 32.2. The quantitative estimate of drug-likeness (QED) is 0.788. The molecule has 0 aliphatic rings. The maximum Gasteiger partial charge on any atom is 0.254 e. The van der Waals surface area contributed by atoms with Crippen molar-refractivity contribution in [3.63, 3.8) is 0 Å². The fourth-order valence-electron chi connectivity index (χ4n) is 2.91. The Kier molecular flexibility index (Phi) is 6.62. The largest absolute Gasteiger partial charge is 0.508 e. The highest BCUT2D eigenvalue weighted by Crippen LogP contribution is 2.21. The molecule has 0 bridgehead atoms. The van der Waals surface area contributed by atoms with E-state index in [0.717, 1.165) is 5.56 Å². The van der Waals surface area contributed by atoms with Gasteiger partial charge in [-0.2, -0.15) is 4.31 Å². The van der Waals surface area contributed by atoms with Crippen molar-refractivity contribution in [2.45, 2.75) is 32.2 Å². The maximum atomic E-state index is 12.9. The Bertz CT molecular complexity index is 921. The summed E-state index contributed by atoms with van der Waals surface area (Å²) in [6, 6.07) is 11.3. The van der Waals surface area contributed by atoms with E-state index >= 15 is 0 Å². The molecular formula is C20H26N2O4S. The first-order chi connectivity index (χ1) is 12.7. The smallest absolute Gasteiger partial charge is 0.254 e. The lowest BCUT2D eigenvalue weighted by Crippen LogP contribution is -2.31. The first-order valence-corrected chi connectivity index (χ1v) is 10.3. The number of hydrogen-bond acceptors (Lipinski definition) is 4. The third-order valence-corrected chi connectivity index (χ3v) is 6.51. The molecule has 0 unspecified atom stereocenters. The molecule has 6 nitrogen and oxygen atoms in total. The van der Waals surface area contributed by atoms with E-state index in [1.165, 1.54) is 21.3 Å². The summed E-state index contributed by atoms with van der Waals surface area (Å²) < 4.78 is 26.9. The number of benzene rings is 2. The zero-order valence-corrected chi connectivity index (χ0v) is 17.0. The van der Waals surface area contributed by atoms with Crippen LogP contribution in [-0.4, -0.2) is 48.8 Å². The van der Waals surface area contributed by atoms with Gasteiger partial charge < -0.3 is 10.0 Å². The van der Waals surface area contributed by atoms with Crippen LogP contribution in [0.25, 0.3) is 0 Å². The third-order valence-electron chi connectivity index (χ3n) is 4.46. The van der Waals surface area contributed by atoms with Crippen molar-refractivity contribution in [3.05, 3.63) is 59.2 Å². The van der Waals surface area contributed by atoms with Crippen LogP contribution in [0.1, 0.15) is 35.3 Å². The second-order valence-electron chi connectivity index (χ2n) is 6.40. The number of hydrogen-bond donors (Lipinski definition) is 1. The highest BCUT2D eigenvalue weighted by molar-refractivity contribution is 7.89. The summed E-state index contributed by atoms with van der Waals surface area (Å²) in [5, 5.41) is 9.58. The molecule has 27 heavy (non-hydrogen) atoms. The monoisotopic (exact) mass is 390 g/mol. The Labute approximate surface area is 161 Å². The van der Waals surface area contributed by atoms with E-state index in [2.05, 4.69) is 0 Å². The summed E-state index contributed by atoms with van der Waals surface area (Å²) in [5.74, 6) is -0.135. The molecule has 146 valence electrons. The molecular weight excluding hydrogens is 364 g/mol. The van der Waals surface area contributed by atoms with Gasteiger partial charge in [0.05, 0.1) is 4.90 Å². The van der Waals surface area contributed by atoms with Crippen molar-refractivity contribution in [2.24, 2.45) is 0 Å². The summed E-state index contributed by atoms with van der Waals surface area (Å²) in [4.78, 5) is 14.5. The topological polar surface area (TPSA) is 77.9 Å².